The largest absolute Gasteiger partial charge is 0.312 e. The van der Waals surface area contributed by atoms with Gasteiger partial charge in [-0.05, 0) is 49.9 Å². The highest BCUT2D eigenvalue weighted by molar-refractivity contribution is 9.10. The third-order valence-electron chi connectivity index (χ3n) is 5.61. The highest BCUT2D eigenvalue weighted by Crippen LogP contribution is 2.43. The zero-order valence-corrected chi connectivity index (χ0v) is 18.0. The third kappa shape index (κ3) is 3.75. The van der Waals surface area contributed by atoms with Crippen molar-refractivity contribution in [2.75, 3.05) is 10.8 Å². The van der Waals surface area contributed by atoms with Gasteiger partial charge >= 0.3 is 5.91 Å². The van der Waals surface area contributed by atoms with E-state index >= 15 is 0 Å². The lowest BCUT2D eigenvalue weighted by atomic mass is 9.95. The number of benzene rings is 2. The SMILES string of the molecule is O=C(CCN1c2ccc(Br)cc2-c2ccccc2S1(=O)=O)[NH2+]C1CCCCC1. The summed E-state index contributed by atoms with van der Waals surface area (Å²) in [5, 5.41) is 1.83. The van der Waals surface area contributed by atoms with E-state index in [1.807, 2.05) is 35.6 Å². The normalized spacial score (nSPS) is 18.4. The van der Waals surface area contributed by atoms with Crippen LogP contribution in [0.4, 0.5) is 5.69 Å². The van der Waals surface area contributed by atoms with E-state index in [4.69, 9.17) is 0 Å². The van der Waals surface area contributed by atoms with Crippen LogP contribution >= 0.6 is 15.9 Å². The minimum absolute atomic E-state index is 0.0413. The van der Waals surface area contributed by atoms with Crippen LogP contribution in [0.5, 0.6) is 0 Å². The molecule has 4 rings (SSSR count). The molecule has 0 aromatic heterocycles. The van der Waals surface area contributed by atoms with Gasteiger partial charge in [-0.2, -0.15) is 0 Å². The molecule has 2 N–H and O–H groups in total. The predicted molar refractivity (Wildman–Crippen MR) is 113 cm³/mol. The monoisotopic (exact) mass is 463 g/mol. The first kappa shape index (κ1) is 19.6. The molecule has 7 heteroatoms. The molecule has 0 atom stereocenters. The van der Waals surface area contributed by atoms with Crippen LogP contribution in [0.2, 0.25) is 0 Å². The molecule has 0 spiro atoms. The van der Waals surface area contributed by atoms with Crippen molar-refractivity contribution >= 4 is 37.5 Å². The van der Waals surface area contributed by atoms with E-state index in [1.54, 1.807) is 12.1 Å². The minimum Gasteiger partial charge on any atom is -0.281 e. The van der Waals surface area contributed by atoms with E-state index in [-0.39, 0.29) is 18.9 Å². The molecular weight excluding hydrogens is 440 g/mol. The van der Waals surface area contributed by atoms with Crippen LogP contribution in [0.25, 0.3) is 11.1 Å². The van der Waals surface area contributed by atoms with Crippen molar-refractivity contribution in [3.63, 3.8) is 0 Å². The summed E-state index contributed by atoms with van der Waals surface area (Å²) in [5.41, 5.74) is 2.20. The van der Waals surface area contributed by atoms with E-state index in [9.17, 15) is 13.2 Å². The second kappa shape index (κ2) is 7.97. The number of hydrogen-bond donors (Lipinski definition) is 1. The molecule has 0 unspecified atom stereocenters. The fraction of sp³-hybridized carbons (Fsp3) is 0.381. The summed E-state index contributed by atoms with van der Waals surface area (Å²) >= 11 is 3.48. The summed E-state index contributed by atoms with van der Waals surface area (Å²) < 4.78 is 28.8. The van der Waals surface area contributed by atoms with Gasteiger partial charge in [0.1, 0.15) is 0 Å². The number of amides is 1. The molecule has 1 saturated carbocycles. The average molecular weight is 464 g/mol. The maximum atomic E-state index is 13.2. The first-order chi connectivity index (χ1) is 13.5. The Bertz CT molecular complexity index is 1000. The van der Waals surface area contributed by atoms with Gasteiger partial charge in [-0.25, -0.2) is 13.2 Å². The Hall–Kier alpha value is -1.70. The second-order valence-corrected chi connectivity index (χ2v) is 10.3. The summed E-state index contributed by atoms with van der Waals surface area (Å²) in [6, 6.07) is 13.0. The van der Waals surface area contributed by atoms with Gasteiger partial charge in [0.05, 0.1) is 23.0 Å². The lowest BCUT2D eigenvalue weighted by molar-refractivity contribution is -0.609. The molecule has 1 fully saturated rings. The van der Waals surface area contributed by atoms with Crippen molar-refractivity contribution in [3.05, 3.63) is 46.9 Å². The van der Waals surface area contributed by atoms with Crippen LogP contribution in [-0.4, -0.2) is 26.9 Å². The lowest BCUT2D eigenvalue weighted by Gasteiger charge is -2.32. The zero-order chi connectivity index (χ0) is 19.7. The maximum Gasteiger partial charge on any atom is 0.312 e. The first-order valence-electron chi connectivity index (χ1n) is 9.76. The number of nitrogens with two attached hydrogens (primary N) is 1. The molecule has 28 heavy (non-hydrogen) atoms. The molecule has 2 aromatic rings. The quantitative estimate of drug-likeness (QED) is 0.754. The van der Waals surface area contributed by atoms with Crippen molar-refractivity contribution in [3.8, 4) is 11.1 Å². The highest BCUT2D eigenvalue weighted by atomic mass is 79.9. The summed E-state index contributed by atoms with van der Waals surface area (Å²) in [6.45, 7) is 0.160. The predicted octanol–water partition coefficient (Wildman–Crippen LogP) is 3.44. The summed E-state index contributed by atoms with van der Waals surface area (Å²) in [7, 11) is -3.69. The topological polar surface area (TPSA) is 71.1 Å². The number of carbonyl (C=O) groups is 1. The molecule has 148 valence electrons. The smallest absolute Gasteiger partial charge is 0.281 e. The Morgan fingerprint density at radius 2 is 1.82 bits per heavy atom. The number of nitrogens with zero attached hydrogens (tertiary/aromatic N) is 1. The molecule has 1 aliphatic heterocycles. The Morgan fingerprint density at radius 3 is 2.61 bits per heavy atom. The van der Waals surface area contributed by atoms with Crippen LogP contribution in [0.15, 0.2) is 51.8 Å². The van der Waals surface area contributed by atoms with Crippen molar-refractivity contribution in [2.24, 2.45) is 0 Å². The van der Waals surface area contributed by atoms with Gasteiger partial charge in [-0.1, -0.05) is 40.5 Å². The van der Waals surface area contributed by atoms with Gasteiger partial charge in [0.2, 0.25) is 0 Å². The standard InChI is InChI=1S/C21H23BrN2O3S/c22-15-10-11-19-18(14-15)17-8-4-5-9-20(17)28(26,27)24(19)13-12-21(25)23-16-6-2-1-3-7-16/h4-5,8-11,14,16H,1-3,6-7,12-13H2,(H,23,25)/p+1. The number of fused-ring (bicyclic) bond motifs is 3. The Balaban J connectivity index is 1.59. The number of hydrogen-bond acceptors (Lipinski definition) is 3. The Kier molecular flexibility index (Phi) is 5.58. The Labute approximate surface area is 174 Å². The number of rotatable bonds is 4. The highest BCUT2D eigenvalue weighted by Gasteiger charge is 2.35. The van der Waals surface area contributed by atoms with E-state index in [1.165, 1.54) is 23.6 Å². The molecule has 1 heterocycles. The van der Waals surface area contributed by atoms with Crippen LogP contribution in [-0.2, 0) is 14.8 Å². The molecule has 0 radical (unpaired) electrons. The molecule has 0 bridgehead atoms. The van der Waals surface area contributed by atoms with Crippen molar-refractivity contribution in [1.29, 1.82) is 0 Å². The fourth-order valence-corrected chi connectivity index (χ4v) is 6.26. The summed E-state index contributed by atoms with van der Waals surface area (Å²) in [5.74, 6) is 0.0413. The molecule has 1 amide bonds. The van der Waals surface area contributed by atoms with Crippen LogP contribution in [0.1, 0.15) is 38.5 Å². The number of sulfonamides is 1. The molecular formula is C21H24BrN2O3S+. The van der Waals surface area contributed by atoms with E-state index in [0.717, 1.165) is 22.9 Å². The van der Waals surface area contributed by atoms with Crippen LogP contribution in [0, 0.1) is 0 Å². The van der Waals surface area contributed by atoms with Gasteiger partial charge in [-0.3, -0.25) is 9.62 Å². The van der Waals surface area contributed by atoms with Gasteiger partial charge in [-0.15, -0.1) is 0 Å². The van der Waals surface area contributed by atoms with Gasteiger partial charge in [0, 0.05) is 22.1 Å². The third-order valence-corrected chi connectivity index (χ3v) is 7.97. The molecule has 1 aliphatic carbocycles. The molecule has 2 aromatic carbocycles. The maximum absolute atomic E-state index is 13.2. The number of anilines is 1. The average Bonchev–Trinajstić information content (AvgIpc) is 2.69. The van der Waals surface area contributed by atoms with Gasteiger partial charge in [0.25, 0.3) is 10.0 Å². The van der Waals surface area contributed by atoms with Crippen LogP contribution in [0.3, 0.4) is 0 Å². The van der Waals surface area contributed by atoms with E-state index in [2.05, 4.69) is 15.9 Å². The zero-order valence-electron chi connectivity index (χ0n) is 15.6. The first-order valence-corrected chi connectivity index (χ1v) is 12.0. The fourth-order valence-electron chi connectivity index (χ4n) is 4.20. The molecule has 2 aliphatic rings. The Morgan fingerprint density at radius 1 is 1.07 bits per heavy atom. The lowest BCUT2D eigenvalue weighted by Crippen LogP contribution is -2.93. The van der Waals surface area contributed by atoms with Crippen molar-refractivity contribution < 1.29 is 18.5 Å². The number of halogens is 1. The van der Waals surface area contributed by atoms with Crippen LogP contribution < -0.4 is 9.62 Å². The number of carbonyl (C=O) groups excluding carboxylic acids is 1. The summed E-state index contributed by atoms with van der Waals surface area (Å²) in [6.07, 6.45) is 5.93. The van der Waals surface area contributed by atoms with Gasteiger partial charge in [0.15, 0.2) is 0 Å². The second-order valence-electron chi connectivity index (χ2n) is 7.52. The van der Waals surface area contributed by atoms with E-state index < -0.39 is 10.0 Å². The molecule has 5 nitrogen and oxygen atoms in total. The number of primary amides is 1. The van der Waals surface area contributed by atoms with Crippen molar-refractivity contribution in [1.82, 2.24) is 0 Å². The minimum atomic E-state index is -3.69. The van der Waals surface area contributed by atoms with Gasteiger partial charge < -0.3 is 0 Å². The number of quaternary nitrogens is 1. The summed E-state index contributed by atoms with van der Waals surface area (Å²) in [4.78, 5) is 12.8. The molecule has 0 saturated heterocycles. The van der Waals surface area contributed by atoms with E-state index in [0.29, 0.717) is 22.2 Å². The van der Waals surface area contributed by atoms with Crippen molar-refractivity contribution in [2.45, 2.75) is 49.5 Å².